The molecule has 0 saturated heterocycles. The summed E-state index contributed by atoms with van der Waals surface area (Å²) in [6.45, 7) is 1.61. The SMILES string of the molecule is COC(=O)C(=Cc1ccccc1)/C=C(/C)OC(=O)c1ccccc1. The second kappa shape index (κ2) is 8.48. The van der Waals surface area contributed by atoms with Crippen molar-refractivity contribution < 1.29 is 19.1 Å². The van der Waals surface area contributed by atoms with Gasteiger partial charge in [0.2, 0.25) is 0 Å². The Hall–Kier alpha value is -3.14. The molecule has 0 radical (unpaired) electrons. The zero-order valence-corrected chi connectivity index (χ0v) is 13.6. The lowest BCUT2D eigenvalue weighted by Crippen LogP contribution is -2.06. The smallest absolute Gasteiger partial charge is 0.343 e. The number of benzene rings is 2. The normalized spacial score (nSPS) is 11.8. The monoisotopic (exact) mass is 322 g/mol. The number of hydrogen-bond donors (Lipinski definition) is 0. The third-order valence-electron chi connectivity index (χ3n) is 3.16. The number of esters is 2. The predicted octanol–water partition coefficient (Wildman–Crippen LogP) is 4.00. The molecule has 122 valence electrons. The summed E-state index contributed by atoms with van der Waals surface area (Å²) >= 11 is 0. The van der Waals surface area contributed by atoms with Crippen molar-refractivity contribution in [2.75, 3.05) is 7.11 Å². The molecule has 0 fully saturated rings. The molecule has 0 unspecified atom stereocenters. The minimum atomic E-state index is -0.506. The summed E-state index contributed by atoms with van der Waals surface area (Å²) in [6, 6.07) is 18.0. The van der Waals surface area contributed by atoms with E-state index in [4.69, 9.17) is 9.47 Å². The van der Waals surface area contributed by atoms with Crippen molar-refractivity contribution in [3.05, 3.63) is 89.2 Å². The van der Waals surface area contributed by atoms with E-state index in [2.05, 4.69) is 0 Å². The minimum Gasteiger partial charge on any atom is -0.465 e. The van der Waals surface area contributed by atoms with Gasteiger partial charge in [0.15, 0.2) is 0 Å². The van der Waals surface area contributed by atoms with Gasteiger partial charge in [-0.25, -0.2) is 9.59 Å². The summed E-state index contributed by atoms with van der Waals surface area (Å²) in [5.74, 6) is -0.682. The lowest BCUT2D eigenvalue weighted by atomic mass is 10.1. The van der Waals surface area contributed by atoms with E-state index in [1.165, 1.54) is 13.2 Å². The van der Waals surface area contributed by atoms with Crippen molar-refractivity contribution in [2.24, 2.45) is 0 Å². The molecule has 24 heavy (non-hydrogen) atoms. The first-order chi connectivity index (χ1) is 11.6. The number of hydrogen-bond acceptors (Lipinski definition) is 4. The van der Waals surface area contributed by atoms with Gasteiger partial charge >= 0.3 is 11.9 Å². The van der Waals surface area contributed by atoms with Crippen molar-refractivity contribution >= 4 is 18.0 Å². The van der Waals surface area contributed by atoms with Crippen molar-refractivity contribution in [3.8, 4) is 0 Å². The van der Waals surface area contributed by atoms with Gasteiger partial charge in [-0.05, 0) is 36.8 Å². The molecular weight excluding hydrogens is 304 g/mol. The molecule has 0 aliphatic rings. The fourth-order valence-corrected chi connectivity index (χ4v) is 2.03. The summed E-state index contributed by atoms with van der Waals surface area (Å²) in [5.41, 5.74) is 1.58. The van der Waals surface area contributed by atoms with Gasteiger partial charge in [0.05, 0.1) is 18.2 Å². The van der Waals surface area contributed by atoms with Crippen molar-refractivity contribution in [2.45, 2.75) is 6.92 Å². The molecule has 0 aliphatic heterocycles. The molecule has 0 aromatic heterocycles. The van der Waals surface area contributed by atoms with Gasteiger partial charge in [-0.1, -0.05) is 48.5 Å². The highest BCUT2D eigenvalue weighted by atomic mass is 16.5. The Morgan fingerprint density at radius 1 is 0.917 bits per heavy atom. The van der Waals surface area contributed by atoms with Crippen LogP contribution in [-0.2, 0) is 14.3 Å². The molecule has 4 heteroatoms. The van der Waals surface area contributed by atoms with E-state index in [9.17, 15) is 9.59 Å². The van der Waals surface area contributed by atoms with Crippen molar-refractivity contribution in [3.63, 3.8) is 0 Å². The molecular formula is C20H18O4. The average Bonchev–Trinajstić information content (AvgIpc) is 2.62. The van der Waals surface area contributed by atoms with E-state index < -0.39 is 11.9 Å². The number of ether oxygens (including phenoxy) is 2. The first kappa shape index (κ1) is 17.2. The highest BCUT2D eigenvalue weighted by Crippen LogP contribution is 2.13. The van der Waals surface area contributed by atoms with Crippen LogP contribution in [0.3, 0.4) is 0 Å². The Labute approximate surface area is 141 Å². The first-order valence-corrected chi connectivity index (χ1v) is 7.40. The fourth-order valence-electron chi connectivity index (χ4n) is 2.03. The van der Waals surface area contributed by atoms with Gasteiger partial charge in [-0.15, -0.1) is 0 Å². The van der Waals surface area contributed by atoms with E-state index in [1.54, 1.807) is 37.3 Å². The van der Waals surface area contributed by atoms with Gasteiger partial charge in [0, 0.05) is 0 Å². The highest BCUT2D eigenvalue weighted by Gasteiger charge is 2.11. The zero-order valence-electron chi connectivity index (χ0n) is 13.6. The molecule has 0 N–H and O–H groups in total. The summed E-state index contributed by atoms with van der Waals surface area (Å²) in [6.07, 6.45) is 3.16. The average molecular weight is 322 g/mol. The van der Waals surface area contributed by atoms with Crippen LogP contribution < -0.4 is 0 Å². The Balaban J connectivity index is 2.21. The molecule has 0 spiro atoms. The number of methoxy groups -OCH3 is 1. The molecule has 0 heterocycles. The van der Waals surface area contributed by atoms with Crippen LogP contribution in [0.25, 0.3) is 6.08 Å². The maximum Gasteiger partial charge on any atom is 0.343 e. The third kappa shape index (κ3) is 4.95. The number of rotatable bonds is 5. The highest BCUT2D eigenvalue weighted by molar-refractivity contribution is 5.97. The zero-order chi connectivity index (χ0) is 17.4. The van der Waals surface area contributed by atoms with E-state index in [-0.39, 0.29) is 0 Å². The molecule has 0 atom stereocenters. The summed E-state index contributed by atoms with van der Waals surface area (Å²) < 4.78 is 10.1. The van der Waals surface area contributed by atoms with Gasteiger partial charge in [0.1, 0.15) is 5.76 Å². The lowest BCUT2D eigenvalue weighted by molar-refractivity contribution is -0.135. The van der Waals surface area contributed by atoms with Crippen molar-refractivity contribution in [1.29, 1.82) is 0 Å². The molecule has 0 saturated carbocycles. The third-order valence-corrected chi connectivity index (χ3v) is 3.16. The maximum atomic E-state index is 12.0. The Morgan fingerprint density at radius 2 is 1.50 bits per heavy atom. The summed E-state index contributed by atoms with van der Waals surface area (Å²) in [4.78, 5) is 24.0. The lowest BCUT2D eigenvalue weighted by Gasteiger charge is -2.06. The standard InChI is InChI=1S/C20H18O4/c1-15(24-20(22)17-11-7-4-8-12-17)13-18(19(21)23-2)14-16-9-5-3-6-10-16/h3-14H,1-2H3/b15-13-,18-14?. The molecule has 0 amide bonds. The second-order valence-corrected chi connectivity index (χ2v) is 5.01. The molecule has 0 bridgehead atoms. The molecule has 0 aliphatic carbocycles. The number of carbonyl (C=O) groups is 2. The Kier molecular flexibility index (Phi) is 6.08. The van der Waals surface area contributed by atoms with Crippen LogP contribution in [0.5, 0.6) is 0 Å². The first-order valence-electron chi connectivity index (χ1n) is 7.40. The van der Waals surface area contributed by atoms with E-state index in [0.29, 0.717) is 16.9 Å². The van der Waals surface area contributed by atoms with E-state index in [0.717, 1.165) is 5.56 Å². The summed E-state index contributed by atoms with van der Waals surface area (Å²) in [5, 5.41) is 0. The van der Waals surface area contributed by atoms with Crippen LogP contribution in [0.4, 0.5) is 0 Å². The van der Waals surface area contributed by atoms with Crippen LogP contribution in [0.2, 0.25) is 0 Å². The van der Waals surface area contributed by atoms with E-state index in [1.807, 2.05) is 36.4 Å². The molecule has 2 rings (SSSR count). The van der Waals surface area contributed by atoms with Crippen molar-refractivity contribution in [1.82, 2.24) is 0 Å². The van der Waals surface area contributed by atoms with Crippen LogP contribution >= 0.6 is 0 Å². The van der Waals surface area contributed by atoms with Crippen LogP contribution in [0, 0.1) is 0 Å². The summed E-state index contributed by atoms with van der Waals surface area (Å²) in [7, 11) is 1.31. The predicted molar refractivity (Wildman–Crippen MR) is 92.0 cm³/mol. The van der Waals surface area contributed by atoms with Crippen LogP contribution in [0.1, 0.15) is 22.8 Å². The Bertz CT molecular complexity index is 759. The van der Waals surface area contributed by atoms with Gasteiger partial charge < -0.3 is 9.47 Å². The number of carbonyl (C=O) groups excluding carboxylic acids is 2. The quantitative estimate of drug-likeness (QED) is 0.361. The maximum absolute atomic E-state index is 12.0. The number of allylic oxidation sites excluding steroid dienone is 1. The van der Waals surface area contributed by atoms with Gasteiger partial charge in [-0.2, -0.15) is 0 Å². The van der Waals surface area contributed by atoms with Gasteiger partial charge in [0.25, 0.3) is 0 Å². The Morgan fingerprint density at radius 3 is 2.08 bits per heavy atom. The van der Waals surface area contributed by atoms with E-state index >= 15 is 0 Å². The minimum absolute atomic E-state index is 0.294. The largest absolute Gasteiger partial charge is 0.465 e. The molecule has 2 aromatic carbocycles. The van der Waals surface area contributed by atoms with Gasteiger partial charge in [-0.3, -0.25) is 0 Å². The fraction of sp³-hybridized carbons (Fsp3) is 0.100. The molecule has 4 nitrogen and oxygen atoms in total. The second-order valence-electron chi connectivity index (χ2n) is 5.01. The molecule has 2 aromatic rings. The topological polar surface area (TPSA) is 52.6 Å². The van der Waals surface area contributed by atoms with Crippen LogP contribution in [-0.4, -0.2) is 19.0 Å². The van der Waals surface area contributed by atoms with Crippen LogP contribution in [0.15, 0.2) is 78.1 Å².